The monoisotopic (exact) mass is 298 g/mol. The molecule has 0 saturated heterocycles. The van der Waals surface area contributed by atoms with Crippen molar-refractivity contribution < 1.29 is 0 Å². The van der Waals surface area contributed by atoms with Crippen molar-refractivity contribution in [2.24, 2.45) is 0 Å². The molecule has 0 bridgehead atoms. The molecule has 0 aliphatic heterocycles. The van der Waals surface area contributed by atoms with Gasteiger partial charge in [0.1, 0.15) is 0 Å². The fourth-order valence-electron chi connectivity index (χ4n) is 3.24. The van der Waals surface area contributed by atoms with E-state index in [1.807, 2.05) is 0 Å². The maximum absolute atomic E-state index is 3.73. The lowest BCUT2D eigenvalue weighted by Crippen LogP contribution is -2.56. The van der Waals surface area contributed by atoms with E-state index in [1.54, 1.807) is 0 Å². The molecule has 0 aliphatic carbocycles. The Labute approximate surface area is 135 Å². The molecular formula is C19H42N2. The predicted molar refractivity (Wildman–Crippen MR) is 97.1 cm³/mol. The molecule has 0 fully saturated rings. The third-order valence-electron chi connectivity index (χ3n) is 5.29. The van der Waals surface area contributed by atoms with Crippen LogP contribution in [0.5, 0.6) is 0 Å². The van der Waals surface area contributed by atoms with Crippen molar-refractivity contribution in [3.63, 3.8) is 0 Å². The van der Waals surface area contributed by atoms with Crippen molar-refractivity contribution in [1.29, 1.82) is 0 Å². The summed E-state index contributed by atoms with van der Waals surface area (Å²) in [5.41, 5.74) is 0.275. The largest absolute Gasteiger partial charge is 0.312 e. The summed E-state index contributed by atoms with van der Waals surface area (Å²) in [6.45, 7) is 10.3. The molecule has 0 aromatic carbocycles. The van der Waals surface area contributed by atoms with Crippen LogP contribution in [0.2, 0.25) is 0 Å². The Bertz CT molecular complexity index is 228. The van der Waals surface area contributed by atoms with Crippen LogP contribution < -0.4 is 5.32 Å². The van der Waals surface area contributed by atoms with Gasteiger partial charge in [-0.3, -0.25) is 0 Å². The number of nitrogens with zero attached hydrogens (tertiary/aromatic N) is 1. The van der Waals surface area contributed by atoms with Gasteiger partial charge in [0.25, 0.3) is 0 Å². The fourth-order valence-corrected chi connectivity index (χ4v) is 3.24. The lowest BCUT2D eigenvalue weighted by Gasteiger charge is -2.43. The molecule has 0 spiro atoms. The van der Waals surface area contributed by atoms with E-state index in [0.29, 0.717) is 6.04 Å². The van der Waals surface area contributed by atoms with Crippen molar-refractivity contribution in [3.05, 3.63) is 0 Å². The second-order valence-electron chi connectivity index (χ2n) is 6.98. The average Bonchev–Trinajstić information content (AvgIpc) is 2.47. The first-order chi connectivity index (χ1) is 10.0. The molecule has 21 heavy (non-hydrogen) atoms. The van der Waals surface area contributed by atoms with Crippen molar-refractivity contribution in [3.8, 4) is 0 Å². The highest BCUT2D eigenvalue weighted by atomic mass is 15.2. The SMILES string of the molecule is CCCCCCCCCCC(NCC)C(C)(CC)N(C)C. The molecule has 0 rings (SSSR count). The number of hydrogen-bond acceptors (Lipinski definition) is 2. The zero-order valence-corrected chi connectivity index (χ0v) is 15.8. The molecule has 0 aromatic rings. The van der Waals surface area contributed by atoms with Crippen molar-refractivity contribution >= 4 is 0 Å². The van der Waals surface area contributed by atoms with Gasteiger partial charge in [0.05, 0.1) is 0 Å². The highest BCUT2D eigenvalue weighted by Crippen LogP contribution is 2.25. The summed E-state index contributed by atoms with van der Waals surface area (Å²) in [5.74, 6) is 0. The van der Waals surface area contributed by atoms with Crippen LogP contribution in [0, 0.1) is 0 Å². The second-order valence-corrected chi connectivity index (χ2v) is 6.98. The zero-order valence-electron chi connectivity index (χ0n) is 15.8. The Kier molecular flexibility index (Phi) is 12.4. The van der Waals surface area contributed by atoms with Gasteiger partial charge in [0, 0.05) is 11.6 Å². The molecule has 1 N–H and O–H groups in total. The van der Waals surface area contributed by atoms with Crippen LogP contribution in [0.1, 0.15) is 91.9 Å². The van der Waals surface area contributed by atoms with E-state index in [4.69, 9.17) is 0 Å². The summed E-state index contributed by atoms with van der Waals surface area (Å²) >= 11 is 0. The van der Waals surface area contributed by atoms with E-state index in [9.17, 15) is 0 Å². The molecule has 2 atom stereocenters. The van der Waals surface area contributed by atoms with Gasteiger partial charge in [-0.25, -0.2) is 0 Å². The zero-order chi connectivity index (χ0) is 16.1. The summed E-state index contributed by atoms with van der Waals surface area (Å²) in [6, 6.07) is 0.614. The van der Waals surface area contributed by atoms with Crippen LogP contribution in [-0.4, -0.2) is 37.1 Å². The molecule has 128 valence electrons. The summed E-state index contributed by atoms with van der Waals surface area (Å²) in [4.78, 5) is 2.41. The van der Waals surface area contributed by atoms with Gasteiger partial charge in [0.2, 0.25) is 0 Å². The van der Waals surface area contributed by atoms with Gasteiger partial charge in [-0.15, -0.1) is 0 Å². The first kappa shape index (κ1) is 20.9. The fraction of sp³-hybridized carbons (Fsp3) is 1.00. The minimum atomic E-state index is 0.275. The Balaban J connectivity index is 3.99. The lowest BCUT2D eigenvalue weighted by molar-refractivity contribution is 0.107. The quantitative estimate of drug-likeness (QED) is 0.442. The second kappa shape index (κ2) is 12.5. The first-order valence-corrected chi connectivity index (χ1v) is 9.43. The highest BCUT2D eigenvalue weighted by molar-refractivity contribution is 4.93. The Morgan fingerprint density at radius 3 is 1.81 bits per heavy atom. The van der Waals surface area contributed by atoms with Crippen LogP contribution in [0.4, 0.5) is 0 Å². The third kappa shape index (κ3) is 8.21. The van der Waals surface area contributed by atoms with E-state index >= 15 is 0 Å². The molecule has 2 nitrogen and oxygen atoms in total. The third-order valence-corrected chi connectivity index (χ3v) is 5.29. The van der Waals surface area contributed by atoms with Gasteiger partial charge in [-0.2, -0.15) is 0 Å². The van der Waals surface area contributed by atoms with E-state index in [0.717, 1.165) is 6.54 Å². The molecule has 0 radical (unpaired) electrons. The number of rotatable bonds is 14. The van der Waals surface area contributed by atoms with Gasteiger partial charge < -0.3 is 10.2 Å². The Morgan fingerprint density at radius 1 is 0.857 bits per heavy atom. The molecule has 0 saturated carbocycles. The van der Waals surface area contributed by atoms with Crippen LogP contribution in [0.15, 0.2) is 0 Å². The average molecular weight is 299 g/mol. The van der Waals surface area contributed by atoms with E-state index in [1.165, 1.54) is 64.2 Å². The normalized spacial score (nSPS) is 16.1. The maximum Gasteiger partial charge on any atom is 0.0325 e. The number of nitrogens with one attached hydrogen (secondary N) is 1. The predicted octanol–water partition coefficient (Wildman–Crippen LogP) is 5.23. The molecule has 0 aromatic heterocycles. The number of likely N-dealkylation sites (N-methyl/N-ethyl adjacent to an activating group) is 2. The minimum absolute atomic E-state index is 0.275. The molecular weight excluding hydrogens is 256 g/mol. The van der Waals surface area contributed by atoms with E-state index in [2.05, 4.69) is 52.0 Å². The van der Waals surface area contributed by atoms with Crippen LogP contribution >= 0.6 is 0 Å². The van der Waals surface area contributed by atoms with Crippen LogP contribution in [0.25, 0.3) is 0 Å². The summed E-state index contributed by atoms with van der Waals surface area (Å²) in [5, 5.41) is 3.73. The van der Waals surface area contributed by atoms with Crippen molar-refractivity contribution in [2.75, 3.05) is 20.6 Å². The molecule has 2 heteroatoms. The topological polar surface area (TPSA) is 15.3 Å². The minimum Gasteiger partial charge on any atom is -0.312 e. The molecule has 0 amide bonds. The summed E-state index contributed by atoms with van der Waals surface area (Å²) in [7, 11) is 4.45. The number of hydrogen-bond donors (Lipinski definition) is 1. The maximum atomic E-state index is 3.73. The first-order valence-electron chi connectivity index (χ1n) is 9.43. The molecule has 0 aliphatic rings. The summed E-state index contributed by atoms with van der Waals surface area (Å²) in [6.07, 6.45) is 13.8. The van der Waals surface area contributed by atoms with E-state index in [-0.39, 0.29) is 5.54 Å². The lowest BCUT2D eigenvalue weighted by atomic mass is 9.84. The van der Waals surface area contributed by atoms with E-state index < -0.39 is 0 Å². The summed E-state index contributed by atoms with van der Waals surface area (Å²) < 4.78 is 0. The van der Waals surface area contributed by atoms with Crippen LogP contribution in [0.3, 0.4) is 0 Å². The van der Waals surface area contributed by atoms with Crippen molar-refractivity contribution in [1.82, 2.24) is 10.2 Å². The van der Waals surface area contributed by atoms with Gasteiger partial charge in [-0.1, -0.05) is 72.1 Å². The number of unbranched alkanes of at least 4 members (excludes halogenated alkanes) is 7. The Morgan fingerprint density at radius 2 is 1.38 bits per heavy atom. The van der Waals surface area contributed by atoms with Gasteiger partial charge in [0.15, 0.2) is 0 Å². The van der Waals surface area contributed by atoms with Crippen molar-refractivity contribution in [2.45, 2.75) is 103 Å². The molecule has 0 heterocycles. The molecule has 2 unspecified atom stereocenters. The van der Waals surface area contributed by atoms with Crippen LogP contribution in [-0.2, 0) is 0 Å². The van der Waals surface area contributed by atoms with Gasteiger partial charge >= 0.3 is 0 Å². The Hall–Kier alpha value is -0.0800. The van der Waals surface area contributed by atoms with Gasteiger partial charge in [-0.05, 0) is 40.4 Å². The smallest absolute Gasteiger partial charge is 0.0325 e. The highest BCUT2D eigenvalue weighted by Gasteiger charge is 2.33. The standard InChI is InChI=1S/C19H42N2/c1-7-10-11-12-13-14-15-16-17-18(20-9-3)19(4,8-2)21(5)6/h18,20H,7-17H2,1-6H3.